The Labute approximate surface area is 81.8 Å². The van der Waals surface area contributed by atoms with Crippen molar-refractivity contribution in [2.45, 2.75) is 0 Å². The molecule has 0 saturated heterocycles. The quantitative estimate of drug-likeness (QED) is 0.546. The summed E-state index contributed by atoms with van der Waals surface area (Å²) in [6, 6.07) is 9.36. The van der Waals surface area contributed by atoms with E-state index < -0.39 is 5.24 Å². The van der Waals surface area contributed by atoms with Crippen molar-refractivity contribution in [2.24, 2.45) is 0 Å². The fraction of sp³-hybridized carbons (Fsp3) is 0.100. The zero-order valence-electron chi connectivity index (χ0n) is 6.94. The van der Waals surface area contributed by atoms with Gasteiger partial charge in [-0.2, -0.15) is 0 Å². The minimum atomic E-state index is -0.489. The highest BCUT2D eigenvalue weighted by Crippen LogP contribution is 2.07. The second-order valence-electron chi connectivity index (χ2n) is 2.33. The number of allylic oxidation sites excluding steroid dienone is 1. The van der Waals surface area contributed by atoms with Gasteiger partial charge in [0.2, 0.25) is 5.24 Å². The fourth-order valence-electron chi connectivity index (χ4n) is 0.802. The van der Waals surface area contributed by atoms with Crippen LogP contribution in [0, 0.1) is 0 Å². The van der Waals surface area contributed by atoms with Crippen LogP contribution in [0.2, 0.25) is 0 Å². The van der Waals surface area contributed by atoms with Crippen LogP contribution >= 0.6 is 11.6 Å². The second kappa shape index (κ2) is 5.38. The topological polar surface area (TPSA) is 26.3 Å². The number of hydrogen-bond donors (Lipinski definition) is 0. The molecule has 0 heterocycles. The summed E-state index contributed by atoms with van der Waals surface area (Å²) in [6.45, 7) is 0.350. The minimum Gasteiger partial charge on any atom is -0.490 e. The highest BCUT2D eigenvalue weighted by atomic mass is 35.5. The first-order valence-corrected chi connectivity index (χ1v) is 4.20. The Morgan fingerprint density at radius 3 is 2.69 bits per heavy atom. The Kier molecular flexibility index (Phi) is 4.06. The van der Waals surface area contributed by atoms with Crippen LogP contribution in [-0.2, 0) is 4.79 Å². The number of ether oxygens (including phenoxy) is 1. The summed E-state index contributed by atoms with van der Waals surface area (Å²) < 4.78 is 5.26. The SMILES string of the molecule is O=C(Cl)/C=C/COc1ccccc1. The molecule has 1 aromatic rings. The first-order chi connectivity index (χ1) is 6.29. The molecule has 0 aliphatic heterocycles. The standard InChI is InChI=1S/C10H9ClO2/c11-10(12)7-4-8-13-9-5-2-1-3-6-9/h1-7H,8H2/b7-4+. The second-order valence-corrected chi connectivity index (χ2v) is 2.70. The van der Waals surface area contributed by atoms with E-state index in [-0.39, 0.29) is 0 Å². The molecular weight excluding hydrogens is 188 g/mol. The van der Waals surface area contributed by atoms with Gasteiger partial charge in [-0.05, 0) is 35.9 Å². The summed E-state index contributed by atoms with van der Waals surface area (Å²) in [5, 5.41) is -0.489. The Balaban J connectivity index is 2.32. The Morgan fingerprint density at radius 2 is 2.08 bits per heavy atom. The normalized spacial score (nSPS) is 10.2. The molecule has 13 heavy (non-hydrogen) atoms. The molecule has 68 valence electrons. The third-order valence-electron chi connectivity index (χ3n) is 1.34. The van der Waals surface area contributed by atoms with Gasteiger partial charge in [0, 0.05) is 0 Å². The van der Waals surface area contributed by atoms with Crippen molar-refractivity contribution < 1.29 is 9.53 Å². The van der Waals surface area contributed by atoms with Gasteiger partial charge in [0.1, 0.15) is 12.4 Å². The highest BCUT2D eigenvalue weighted by Gasteiger charge is 1.88. The van der Waals surface area contributed by atoms with Crippen LogP contribution in [0.25, 0.3) is 0 Å². The fourth-order valence-corrected chi connectivity index (χ4v) is 0.891. The average Bonchev–Trinajstić information content (AvgIpc) is 2.14. The van der Waals surface area contributed by atoms with E-state index in [0.29, 0.717) is 6.61 Å². The van der Waals surface area contributed by atoms with Crippen LogP contribution in [0.15, 0.2) is 42.5 Å². The molecular formula is C10H9ClO2. The van der Waals surface area contributed by atoms with Gasteiger partial charge >= 0.3 is 0 Å². The van der Waals surface area contributed by atoms with Gasteiger partial charge < -0.3 is 4.74 Å². The third kappa shape index (κ3) is 4.33. The van der Waals surface area contributed by atoms with E-state index in [2.05, 4.69) is 0 Å². The van der Waals surface area contributed by atoms with Gasteiger partial charge in [-0.3, -0.25) is 4.79 Å². The van der Waals surface area contributed by atoms with E-state index in [4.69, 9.17) is 16.3 Å². The molecule has 0 spiro atoms. The van der Waals surface area contributed by atoms with E-state index in [9.17, 15) is 4.79 Å². The van der Waals surface area contributed by atoms with E-state index >= 15 is 0 Å². The molecule has 0 aliphatic rings. The number of carbonyl (C=O) groups is 1. The first kappa shape index (κ1) is 9.81. The molecule has 1 aromatic carbocycles. The van der Waals surface area contributed by atoms with Crippen molar-refractivity contribution in [3.05, 3.63) is 42.5 Å². The molecule has 0 amide bonds. The number of rotatable bonds is 4. The molecule has 1 rings (SSSR count). The van der Waals surface area contributed by atoms with Crippen molar-refractivity contribution in [3.8, 4) is 5.75 Å². The van der Waals surface area contributed by atoms with Gasteiger partial charge in [0.15, 0.2) is 0 Å². The zero-order chi connectivity index (χ0) is 9.52. The largest absolute Gasteiger partial charge is 0.490 e. The lowest BCUT2D eigenvalue weighted by molar-refractivity contribution is -0.107. The Hall–Kier alpha value is -1.28. The molecule has 0 fully saturated rings. The highest BCUT2D eigenvalue weighted by molar-refractivity contribution is 6.66. The van der Waals surface area contributed by atoms with Crippen LogP contribution in [0.1, 0.15) is 0 Å². The van der Waals surface area contributed by atoms with E-state index in [0.717, 1.165) is 5.75 Å². The van der Waals surface area contributed by atoms with E-state index in [1.54, 1.807) is 6.08 Å². The smallest absolute Gasteiger partial charge is 0.244 e. The number of carbonyl (C=O) groups excluding carboxylic acids is 1. The Morgan fingerprint density at radius 1 is 1.38 bits per heavy atom. The summed E-state index contributed by atoms with van der Waals surface area (Å²) in [6.07, 6.45) is 2.84. The van der Waals surface area contributed by atoms with Crippen molar-refractivity contribution in [2.75, 3.05) is 6.61 Å². The molecule has 0 unspecified atom stereocenters. The number of halogens is 1. The molecule has 0 radical (unpaired) electrons. The predicted octanol–water partition coefficient (Wildman–Crippen LogP) is 2.39. The lowest BCUT2D eigenvalue weighted by Gasteiger charge is -2.00. The molecule has 0 aliphatic carbocycles. The van der Waals surface area contributed by atoms with Crippen molar-refractivity contribution in [3.63, 3.8) is 0 Å². The van der Waals surface area contributed by atoms with Crippen molar-refractivity contribution >= 4 is 16.8 Å². The molecule has 3 heteroatoms. The van der Waals surface area contributed by atoms with Crippen LogP contribution in [0.3, 0.4) is 0 Å². The third-order valence-corrected chi connectivity index (χ3v) is 1.46. The number of hydrogen-bond acceptors (Lipinski definition) is 2. The Bertz CT molecular complexity index is 293. The minimum absolute atomic E-state index is 0.350. The van der Waals surface area contributed by atoms with Gasteiger partial charge in [-0.1, -0.05) is 18.2 Å². The summed E-state index contributed by atoms with van der Waals surface area (Å²) in [7, 11) is 0. The first-order valence-electron chi connectivity index (χ1n) is 3.83. The molecule has 0 atom stereocenters. The summed E-state index contributed by atoms with van der Waals surface area (Å²) >= 11 is 5.08. The monoisotopic (exact) mass is 196 g/mol. The molecule has 2 nitrogen and oxygen atoms in total. The van der Waals surface area contributed by atoms with Gasteiger partial charge in [0.05, 0.1) is 0 Å². The summed E-state index contributed by atoms with van der Waals surface area (Å²) in [4.78, 5) is 10.3. The average molecular weight is 197 g/mol. The summed E-state index contributed by atoms with van der Waals surface area (Å²) in [5.74, 6) is 0.772. The number of benzene rings is 1. The number of para-hydroxylation sites is 1. The van der Waals surface area contributed by atoms with Gasteiger partial charge in [-0.25, -0.2) is 0 Å². The maximum absolute atomic E-state index is 10.3. The zero-order valence-corrected chi connectivity index (χ0v) is 7.70. The lowest BCUT2D eigenvalue weighted by Crippen LogP contribution is -1.93. The van der Waals surface area contributed by atoms with Gasteiger partial charge in [0.25, 0.3) is 0 Å². The van der Waals surface area contributed by atoms with Crippen molar-refractivity contribution in [1.82, 2.24) is 0 Å². The summed E-state index contributed by atoms with van der Waals surface area (Å²) in [5.41, 5.74) is 0. The molecule has 0 saturated carbocycles. The van der Waals surface area contributed by atoms with Crippen LogP contribution in [0.4, 0.5) is 0 Å². The van der Waals surface area contributed by atoms with Crippen molar-refractivity contribution in [1.29, 1.82) is 0 Å². The van der Waals surface area contributed by atoms with Crippen LogP contribution in [0.5, 0.6) is 5.75 Å². The molecule has 0 aromatic heterocycles. The molecule has 0 bridgehead atoms. The van der Waals surface area contributed by atoms with Crippen LogP contribution in [-0.4, -0.2) is 11.8 Å². The molecule has 0 N–H and O–H groups in total. The van der Waals surface area contributed by atoms with E-state index in [1.165, 1.54) is 6.08 Å². The van der Waals surface area contributed by atoms with Gasteiger partial charge in [-0.15, -0.1) is 0 Å². The maximum Gasteiger partial charge on any atom is 0.244 e. The van der Waals surface area contributed by atoms with Crippen LogP contribution < -0.4 is 4.74 Å². The van der Waals surface area contributed by atoms with E-state index in [1.807, 2.05) is 30.3 Å². The lowest BCUT2D eigenvalue weighted by atomic mass is 10.3. The predicted molar refractivity (Wildman–Crippen MR) is 51.9 cm³/mol. The maximum atomic E-state index is 10.3.